The molecule has 0 amide bonds. The van der Waals surface area contributed by atoms with Gasteiger partial charge in [-0.3, -0.25) is 9.78 Å². The van der Waals surface area contributed by atoms with Crippen LogP contribution in [0.1, 0.15) is 53.0 Å². The highest BCUT2D eigenvalue weighted by Crippen LogP contribution is 2.36. The van der Waals surface area contributed by atoms with Crippen LogP contribution in [0.2, 0.25) is 5.02 Å². The van der Waals surface area contributed by atoms with Gasteiger partial charge in [-0.2, -0.15) is 17.0 Å². The summed E-state index contributed by atoms with van der Waals surface area (Å²) < 4.78 is 0. The van der Waals surface area contributed by atoms with Gasteiger partial charge in [-0.1, -0.05) is 73.1 Å². The van der Waals surface area contributed by atoms with Crippen molar-refractivity contribution in [2.45, 2.75) is 44.3 Å². The molecule has 1 N–H and O–H groups in total. The normalized spacial score (nSPS) is 12.7. The number of fused-ring (bicyclic) bond motifs is 1. The number of carboxylic acids is 1. The third-order valence-electron chi connectivity index (χ3n) is 6.86. The Balaban J connectivity index is 1.50. The maximum absolute atomic E-state index is 11.7. The third kappa shape index (κ3) is 7.37. The van der Waals surface area contributed by atoms with E-state index in [2.05, 4.69) is 42.5 Å². The molecule has 0 fully saturated rings. The fraction of sp³-hybridized carbons (Fsp3) is 0.281. The van der Waals surface area contributed by atoms with Gasteiger partial charge in [0.05, 0.1) is 23.1 Å². The zero-order valence-electron chi connectivity index (χ0n) is 21.4. The number of carboxylic acid groups (broad SMARTS) is 1. The molecule has 0 aliphatic rings. The van der Waals surface area contributed by atoms with Crippen LogP contribution in [0.15, 0.2) is 78.9 Å². The minimum atomic E-state index is -0.744. The van der Waals surface area contributed by atoms with Gasteiger partial charge in [0.25, 0.3) is 0 Å². The number of nitrogens with zero attached hydrogens (tertiary/aromatic N) is 2. The number of aryl methyl sites for hydroxylation is 3. The SMILES string of the molecule is CCC(CSC(CCc1ccccc1C#N)c1cccc(CCc2ccc3ccc(Cl)cc3n2)c1)C(=O)O. The monoisotopic (exact) mass is 542 g/mol. The molecule has 2 atom stereocenters. The molecule has 38 heavy (non-hydrogen) atoms. The van der Waals surface area contributed by atoms with Crippen molar-refractivity contribution in [1.29, 1.82) is 5.26 Å². The van der Waals surface area contributed by atoms with Crippen LogP contribution < -0.4 is 0 Å². The molecular formula is C32H31ClN2O2S. The molecule has 1 aromatic heterocycles. The Kier molecular flexibility index (Phi) is 9.81. The van der Waals surface area contributed by atoms with Gasteiger partial charge in [0.1, 0.15) is 0 Å². The van der Waals surface area contributed by atoms with Gasteiger partial charge in [-0.05, 0) is 73.1 Å². The lowest BCUT2D eigenvalue weighted by molar-refractivity contribution is -0.140. The molecule has 4 aromatic rings. The van der Waals surface area contributed by atoms with Gasteiger partial charge < -0.3 is 5.11 Å². The Morgan fingerprint density at radius 2 is 1.84 bits per heavy atom. The molecule has 4 nitrogen and oxygen atoms in total. The Morgan fingerprint density at radius 1 is 1.03 bits per heavy atom. The fourth-order valence-corrected chi connectivity index (χ4v) is 6.20. The van der Waals surface area contributed by atoms with Crippen LogP contribution in [-0.4, -0.2) is 21.8 Å². The number of halogens is 1. The van der Waals surface area contributed by atoms with E-state index in [4.69, 9.17) is 16.6 Å². The lowest BCUT2D eigenvalue weighted by Crippen LogP contribution is -2.16. The standard InChI is InChI=1S/C32H31ClN2O2S/c1-2-23(32(36)37)21-38-31(17-13-24-7-3-4-8-27(24)20-34)26-9-5-6-22(18-26)10-15-29-16-12-25-11-14-28(33)19-30(25)35-29/h3-9,11-12,14,16,18-19,23,31H,2,10,13,15,17,21H2,1H3,(H,36,37). The highest BCUT2D eigenvalue weighted by molar-refractivity contribution is 7.99. The molecule has 0 aliphatic carbocycles. The molecule has 0 radical (unpaired) electrons. The number of pyridine rings is 1. The van der Waals surface area contributed by atoms with Gasteiger partial charge >= 0.3 is 5.97 Å². The molecule has 0 aliphatic heterocycles. The summed E-state index contributed by atoms with van der Waals surface area (Å²) in [5.41, 5.74) is 6.08. The van der Waals surface area contributed by atoms with E-state index in [0.29, 0.717) is 22.8 Å². The molecule has 4 rings (SSSR count). The lowest BCUT2D eigenvalue weighted by Gasteiger charge is -2.20. The number of rotatable bonds is 12. The van der Waals surface area contributed by atoms with Crippen molar-refractivity contribution in [3.63, 3.8) is 0 Å². The Bertz CT molecular complexity index is 1450. The Labute approximate surface area is 233 Å². The van der Waals surface area contributed by atoms with Crippen LogP contribution >= 0.6 is 23.4 Å². The second-order valence-corrected chi connectivity index (χ2v) is 11.1. The molecule has 0 bridgehead atoms. The molecular weight excluding hydrogens is 512 g/mol. The summed E-state index contributed by atoms with van der Waals surface area (Å²) in [4.78, 5) is 16.4. The summed E-state index contributed by atoms with van der Waals surface area (Å²) in [7, 11) is 0. The zero-order valence-corrected chi connectivity index (χ0v) is 23.0. The van der Waals surface area contributed by atoms with E-state index >= 15 is 0 Å². The van der Waals surface area contributed by atoms with Crippen LogP contribution in [-0.2, 0) is 24.1 Å². The van der Waals surface area contributed by atoms with E-state index in [0.717, 1.165) is 47.8 Å². The van der Waals surface area contributed by atoms with Crippen molar-refractivity contribution in [1.82, 2.24) is 4.98 Å². The van der Waals surface area contributed by atoms with E-state index < -0.39 is 5.97 Å². The van der Waals surface area contributed by atoms with Crippen LogP contribution in [0.5, 0.6) is 0 Å². The predicted octanol–water partition coefficient (Wildman–Crippen LogP) is 8.06. The molecule has 2 unspecified atom stereocenters. The first kappa shape index (κ1) is 27.7. The molecule has 3 aromatic carbocycles. The van der Waals surface area contributed by atoms with Crippen LogP contribution in [0.4, 0.5) is 0 Å². The van der Waals surface area contributed by atoms with E-state index in [-0.39, 0.29) is 11.2 Å². The second kappa shape index (κ2) is 13.5. The largest absolute Gasteiger partial charge is 0.481 e. The third-order valence-corrected chi connectivity index (χ3v) is 8.60. The van der Waals surface area contributed by atoms with Crippen molar-refractivity contribution in [2.75, 3.05) is 5.75 Å². The summed E-state index contributed by atoms with van der Waals surface area (Å²) in [6.45, 7) is 1.92. The lowest BCUT2D eigenvalue weighted by atomic mass is 9.98. The Hall–Kier alpha value is -3.33. The molecule has 0 saturated carbocycles. The summed E-state index contributed by atoms with van der Waals surface area (Å²) in [6.07, 6.45) is 3.87. The number of thioether (sulfide) groups is 1. The van der Waals surface area contributed by atoms with E-state index in [9.17, 15) is 15.2 Å². The van der Waals surface area contributed by atoms with E-state index in [1.54, 1.807) is 11.8 Å². The first-order valence-electron chi connectivity index (χ1n) is 12.9. The highest BCUT2D eigenvalue weighted by atomic mass is 35.5. The topological polar surface area (TPSA) is 74.0 Å². The van der Waals surface area contributed by atoms with Gasteiger partial charge in [0, 0.05) is 27.1 Å². The van der Waals surface area contributed by atoms with Crippen LogP contribution in [0, 0.1) is 17.2 Å². The van der Waals surface area contributed by atoms with Crippen molar-refractivity contribution in [2.24, 2.45) is 5.92 Å². The maximum Gasteiger partial charge on any atom is 0.307 e. The number of aliphatic carboxylic acids is 1. The quantitative estimate of drug-likeness (QED) is 0.196. The average molecular weight is 543 g/mol. The van der Waals surface area contributed by atoms with Gasteiger partial charge in [0.2, 0.25) is 0 Å². The molecule has 194 valence electrons. The number of hydrogen-bond acceptors (Lipinski definition) is 4. The first-order valence-corrected chi connectivity index (χ1v) is 14.4. The minimum Gasteiger partial charge on any atom is -0.481 e. The number of carbonyl (C=O) groups is 1. The summed E-state index contributed by atoms with van der Waals surface area (Å²) in [6, 6.07) is 28.5. The smallest absolute Gasteiger partial charge is 0.307 e. The number of benzene rings is 3. The van der Waals surface area contributed by atoms with Crippen molar-refractivity contribution in [3.8, 4) is 6.07 Å². The molecule has 6 heteroatoms. The summed E-state index contributed by atoms with van der Waals surface area (Å²) in [5, 5.41) is 21.0. The molecule has 0 spiro atoms. The summed E-state index contributed by atoms with van der Waals surface area (Å²) >= 11 is 7.86. The molecule has 0 saturated heterocycles. The van der Waals surface area contributed by atoms with Crippen molar-refractivity contribution >= 4 is 40.2 Å². The number of hydrogen-bond donors (Lipinski definition) is 1. The van der Waals surface area contributed by atoms with Gasteiger partial charge in [0.15, 0.2) is 0 Å². The first-order chi connectivity index (χ1) is 18.5. The van der Waals surface area contributed by atoms with Crippen molar-refractivity contribution in [3.05, 3.63) is 112 Å². The van der Waals surface area contributed by atoms with Gasteiger partial charge in [-0.25, -0.2) is 0 Å². The number of aromatic nitrogens is 1. The minimum absolute atomic E-state index is 0.135. The zero-order chi connectivity index (χ0) is 26.9. The fourth-order valence-electron chi connectivity index (χ4n) is 4.57. The van der Waals surface area contributed by atoms with E-state index in [1.807, 2.05) is 49.4 Å². The van der Waals surface area contributed by atoms with E-state index in [1.165, 1.54) is 11.1 Å². The van der Waals surface area contributed by atoms with Crippen LogP contribution in [0.25, 0.3) is 10.9 Å². The predicted molar refractivity (Wildman–Crippen MR) is 157 cm³/mol. The summed E-state index contributed by atoms with van der Waals surface area (Å²) in [5.74, 6) is -0.555. The molecule has 1 heterocycles. The van der Waals surface area contributed by atoms with Crippen molar-refractivity contribution < 1.29 is 9.90 Å². The average Bonchev–Trinajstić information content (AvgIpc) is 2.93. The Morgan fingerprint density at radius 3 is 2.63 bits per heavy atom. The number of nitriles is 1. The highest BCUT2D eigenvalue weighted by Gasteiger charge is 2.20. The van der Waals surface area contributed by atoms with Gasteiger partial charge in [-0.15, -0.1) is 0 Å². The maximum atomic E-state index is 11.7. The van der Waals surface area contributed by atoms with Crippen LogP contribution in [0.3, 0.4) is 0 Å². The second-order valence-electron chi connectivity index (χ2n) is 9.46.